The fourth-order valence-electron chi connectivity index (χ4n) is 2.03. The molecule has 0 bridgehead atoms. The van der Waals surface area contributed by atoms with Crippen LogP contribution in [0.3, 0.4) is 0 Å². The van der Waals surface area contributed by atoms with E-state index >= 15 is 0 Å². The second-order valence-corrected chi connectivity index (χ2v) is 8.44. The van der Waals surface area contributed by atoms with Crippen molar-refractivity contribution >= 4 is 69.9 Å². The van der Waals surface area contributed by atoms with Crippen LogP contribution < -0.4 is 16.0 Å². The van der Waals surface area contributed by atoms with E-state index in [1.54, 1.807) is 0 Å². The van der Waals surface area contributed by atoms with Crippen molar-refractivity contribution in [2.24, 2.45) is 0 Å². The lowest BCUT2D eigenvalue weighted by atomic mass is 10.2. The second-order valence-electron chi connectivity index (χ2n) is 5.64. The summed E-state index contributed by atoms with van der Waals surface area (Å²) in [5.41, 5.74) is -0.853. The van der Waals surface area contributed by atoms with Gasteiger partial charge in [0.05, 0.1) is 5.56 Å². The van der Waals surface area contributed by atoms with Gasteiger partial charge in [-0.15, -0.1) is 0 Å². The molecule has 2 aromatic carbocycles. The molecule has 0 saturated heterocycles. The Hall–Kier alpha value is -2.07. The molecule has 30 heavy (non-hydrogen) atoms. The van der Waals surface area contributed by atoms with E-state index in [0.717, 1.165) is 12.1 Å². The van der Waals surface area contributed by atoms with Gasteiger partial charge in [-0.05, 0) is 42.5 Å². The predicted molar refractivity (Wildman–Crippen MR) is 109 cm³/mol. The topological polar surface area (TPSA) is 79.5 Å². The zero-order valence-corrected chi connectivity index (χ0v) is 17.6. The Morgan fingerprint density at radius 3 is 2.13 bits per heavy atom. The molecule has 0 radical (unpaired) electrons. The van der Waals surface area contributed by atoms with E-state index in [4.69, 9.17) is 51.1 Å². The van der Waals surface area contributed by atoms with Crippen LogP contribution in [0.2, 0.25) is 5.02 Å². The molecule has 3 amide bonds. The SMILES string of the molecule is O=C(Nc1cccc(C(F)(F)F)c1)N[C@H](OC(=O)Nc1ccc(Cl)cc1)C(Cl)(Cl)Cl. The summed E-state index contributed by atoms with van der Waals surface area (Å²) in [5.74, 6) is 0. The molecular formula is C17H12Cl4F3N3O3. The molecule has 2 aromatic rings. The van der Waals surface area contributed by atoms with Crippen LogP contribution in [0.5, 0.6) is 0 Å². The highest BCUT2D eigenvalue weighted by atomic mass is 35.6. The second kappa shape index (κ2) is 9.82. The molecule has 0 aromatic heterocycles. The number of carbonyl (C=O) groups excluding carboxylic acids is 2. The quantitative estimate of drug-likeness (QED) is 0.331. The van der Waals surface area contributed by atoms with E-state index < -0.39 is 33.9 Å². The Kier molecular flexibility index (Phi) is 7.93. The van der Waals surface area contributed by atoms with Gasteiger partial charge >= 0.3 is 18.3 Å². The first kappa shape index (κ1) is 24.2. The third-order valence-electron chi connectivity index (χ3n) is 3.32. The van der Waals surface area contributed by atoms with Crippen molar-refractivity contribution in [3.63, 3.8) is 0 Å². The molecule has 162 valence electrons. The largest absolute Gasteiger partial charge is 0.421 e. The monoisotopic (exact) mass is 503 g/mol. The van der Waals surface area contributed by atoms with Gasteiger partial charge in [0.25, 0.3) is 0 Å². The molecule has 0 aliphatic rings. The number of nitrogens with one attached hydrogen (secondary N) is 3. The lowest BCUT2D eigenvalue weighted by Gasteiger charge is -2.25. The summed E-state index contributed by atoms with van der Waals surface area (Å²) >= 11 is 22.9. The van der Waals surface area contributed by atoms with E-state index in [1.165, 1.54) is 30.3 Å². The molecule has 0 aliphatic heterocycles. The number of anilines is 2. The van der Waals surface area contributed by atoms with E-state index in [9.17, 15) is 22.8 Å². The summed E-state index contributed by atoms with van der Waals surface area (Å²) in [4.78, 5) is 24.1. The van der Waals surface area contributed by atoms with Crippen molar-refractivity contribution < 1.29 is 27.5 Å². The summed E-state index contributed by atoms with van der Waals surface area (Å²) in [6.07, 6.45) is -7.45. The van der Waals surface area contributed by atoms with Gasteiger partial charge in [0.1, 0.15) is 0 Å². The Morgan fingerprint density at radius 2 is 1.57 bits per heavy atom. The molecule has 2 rings (SSSR count). The number of halogens is 7. The first-order valence-corrected chi connectivity index (χ1v) is 9.40. The van der Waals surface area contributed by atoms with Crippen molar-refractivity contribution in [3.05, 3.63) is 59.1 Å². The number of urea groups is 1. The van der Waals surface area contributed by atoms with Crippen LogP contribution in [0.15, 0.2) is 48.5 Å². The summed E-state index contributed by atoms with van der Waals surface area (Å²) in [6.45, 7) is 0. The third kappa shape index (κ3) is 7.64. The molecule has 0 saturated carbocycles. The smallest absolute Gasteiger partial charge is 0.416 e. The molecular weight excluding hydrogens is 493 g/mol. The molecule has 0 aliphatic carbocycles. The van der Waals surface area contributed by atoms with Gasteiger partial charge < -0.3 is 10.1 Å². The van der Waals surface area contributed by atoms with E-state index in [0.29, 0.717) is 16.8 Å². The summed E-state index contributed by atoms with van der Waals surface area (Å²) < 4.78 is 40.9. The van der Waals surface area contributed by atoms with Gasteiger partial charge in [0.15, 0.2) is 0 Å². The highest BCUT2D eigenvalue weighted by Crippen LogP contribution is 2.32. The maximum atomic E-state index is 12.8. The molecule has 0 heterocycles. The number of benzene rings is 2. The van der Waals surface area contributed by atoms with Crippen LogP contribution in [0, 0.1) is 0 Å². The molecule has 6 nitrogen and oxygen atoms in total. The lowest BCUT2D eigenvalue weighted by Crippen LogP contribution is -2.49. The molecule has 13 heteroatoms. The van der Waals surface area contributed by atoms with E-state index in [2.05, 4.69) is 16.0 Å². The number of rotatable bonds is 4. The van der Waals surface area contributed by atoms with Crippen LogP contribution >= 0.6 is 46.4 Å². The number of hydrogen-bond acceptors (Lipinski definition) is 3. The lowest BCUT2D eigenvalue weighted by molar-refractivity contribution is -0.137. The number of ether oxygens (including phenoxy) is 1. The standard InChI is InChI=1S/C17H12Cl4F3N3O3/c18-10-4-6-11(7-5-10)26-15(29)30-13(16(19,20)21)27-14(28)25-12-3-1-2-9(8-12)17(22,23)24/h1-8,13H,(H,26,29)(H2,25,27,28)/t13-/m1/s1. The van der Waals surface area contributed by atoms with Crippen molar-refractivity contribution in [2.75, 3.05) is 10.6 Å². The van der Waals surface area contributed by atoms with Crippen molar-refractivity contribution in [1.82, 2.24) is 5.32 Å². The maximum Gasteiger partial charge on any atom is 0.416 e. The van der Waals surface area contributed by atoms with E-state index in [1.807, 2.05) is 0 Å². The van der Waals surface area contributed by atoms with Gasteiger partial charge in [0.2, 0.25) is 10.0 Å². The minimum absolute atomic E-state index is 0.184. The zero-order valence-electron chi connectivity index (χ0n) is 14.6. The van der Waals surface area contributed by atoms with Crippen molar-refractivity contribution in [1.29, 1.82) is 0 Å². The van der Waals surface area contributed by atoms with Crippen LogP contribution in [0.1, 0.15) is 5.56 Å². The number of alkyl halides is 6. The Morgan fingerprint density at radius 1 is 0.933 bits per heavy atom. The average Bonchev–Trinajstić information content (AvgIpc) is 2.62. The third-order valence-corrected chi connectivity index (χ3v) is 4.17. The van der Waals surface area contributed by atoms with Gasteiger partial charge in [-0.3, -0.25) is 10.6 Å². The number of amides is 3. The minimum Gasteiger partial charge on any atom is -0.421 e. The average molecular weight is 505 g/mol. The molecule has 0 fully saturated rings. The number of hydrogen-bond donors (Lipinski definition) is 3. The van der Waals surface area contributed by atoms with Gasteiger partial charge in [-0.25, -0.2) is 9.59 Å². The Bertz CT molecular complexity index is 906. The highest BCUT2D eigenvalue weighted by molar-refractivity contribution is 6.68. The number of carbonyl (C=O) groups is 2. The van der Waals surface area contributed by atoms with Crippen LogP contribution in [0.25, 0.3) is 0 Å². The first-order chi connectivity index (χ1) is 13.8. The molecule has 3 N–H and O–H groups in total. The van der Waals surface area contributed by atoms with Crippen molar-refractivity contribution in [3.8, 4) is 0 Å². The fraction of sp³-hybridized carbons (Fsp3) is 0.176. The minimum atomic E-state index is -4.60. The normalized spacial score (nSPS) is 12.6. The van der Waals surface area contributed by atoms with Gasteiger partial charge in [-0.2, -0.15) is 13.2 Å². The van der Waals surface area contributed by atoms with Crippen LogP contribution in [-0.2, 0) is 10.9 Å². The summed E-state index contributed by atoms with van der Waals surface area (Å²) in [5, 5.41) is 6.95. The zero-order chi connectivity index (χ0) is 22.5. The van der Waals surface area contributed by atoms with Gasteiger partial charge in [0, 0.05) is 16.4 Å². The Labute approximate surface area is 188 Å². The summed E-state index contributed by atoms with van der Waals surface area (Å²) in [6, 6.07) is 8.73. The van der Waals surface area contributed by atoms with Gasteiger partial charge in [-0.1, -0.05) is 52.5 Å². The van der Waals surface area contributed by atoms with Crippen LogP contribution in [0.4, 0.5) is 34.1 Å². The fourth-order valence-corrected chi connectivity index (χ4v) is 2.45. The molecule has 0 spiro atoms. The summed E-state index contributed by atoms with van der Waals surface area (Å²) in [7, 11) is 0. The first-order valence-electron chi connectivity index (χ1n) is 7.89. The molecule has 1 atom stereocenters. The Balaban J connectivity index is 2.03. The predicted octanol–water partition coefficient (Wildman–Crippen LogP) is 6.43. The van der Waals surface area contributed by atoms with E-state index in [-0.39, 0.29) is 5.69 Å². The van der Waals surface area contributed by atoms with Crippen molar-refractivity contribution in [2.45, 2.75) is 16.2 Å². The van der Waals surface area contributed by atoms with Crippen LogP contribution in [-0.4, -0.2) is 22.1 Å². The highest BCUT2D eigenvalue weighted by Gasteiger charge is 2.38. The maximum absolute atomic E-state index is 12.8. The molecule has 0 unspecified atom stereocenters.